The van der Waals surface area contributed by atoms with Gasteiger partial charge in [-0.25, -0.2) is 4.79 Å². The van der Waals surface area contributed by atoms with Crippen LogP contribution in [0, 0.1) is 12.3 Å². The number of hydrogen-bond acceptors (Lipinski definition) is 5. The van der Waals surface area contributed by atoms with Gasteiger partial charge in [0.05, 0.1) is 6.54 Å². The highest BCUT2D eigenvalue weighted by molar-refractivity contribution is 5.86. The Morgan fingerprint density at radius 3 is 2.20 bits per heavy atom. The Hall–Kier alpha value is -3.83. The first-order valence-electron chi connectivity index (χ1n) is 11.8. The number of alkyl carbamates (subject to hydrolysis) is 1. The highest BCUT2D eigenvalue weighted by atomic mass is 16.5. The van der Waals surface area contributed by atoms with Crippen LogP contribution in [0.15, 0.2) is 48.5 Å². The largest absolute Gasteiger partial charge is 0.481 e. The van der Waals surface area contributed by atoms with E-state index in [2.05, 4.69) is 28.3 Å². The van der Waals surface area contributed by atoms with Crippen molar-refractivity contribution >= 4 is 18.0 Å². The van der Waals surface area contributed by atoms with Gasteiger partial charge in [-0.2, -0.15) is 0 Å². The van der Waals surface area contributed by atoms with Crippen LogP contribution >= 0.6 is 0 Å². The van der Waals surface area contributed by atoms with Crippen molar-refractivity contribution in [1.82, 2.24) is 15.1 Å². The van der Waals surface area contributed by atoms with Crippen molar-refractivity contribution in [3.63, 3.8) is 0 Å². The van der Waals surface area contributed by atoms with Gasteiger partial charge in [0.2, 0.25) is 5.91 Å². The van der Waals surface area contributed by atoms with Gasteiger partial charge < -0.3 is 20.1 Å². The third-order valence-corrected chi connectivity index (χ3v) is 6.58. The summed E-state index contributed by atoms with van der Waals surface area (Å²) in [6, 6.07) is 15.1. The number of benzene rings is 2. The summed E-state index contributed by atoms with van der Waals surface area (Å²) in [5, 5.41) is 11.7. The lowest BCUT2D eigenvalue weighted by Gasteiger charge is -2.35. The van der Waals surface area contributed by atoms with E-state index < -0.39 is 18.1 Å². The van der Waals surface area contributed by atoms with Crippen molar-refractivity contribution in [1.29, 1.82) is 0 Å². The molecule has 0 bridgehead atoms. The molecule has 4 rings (SSSR count). The Bertz CT molecular complexity index is 1090. The molecule has 2 aromatic rings. The summed E-state index contributed by atoms with van der Waals surface area (Å²) in [5.41, 5.74) is 4.42. The fourth-order valence-corrected chi connectivity index (χ4v) is 4.78. The average Bonchev–Trinajstić information content (AvgIpc) is 3.19. The van der Waals surface area contributed by atoms with Crippen LogP contribution < -0.4 is 5.32 Å². The quantitative estimate of drug-likeness (QED) is 0.570. The van der Waals surface area contributed by atoms with Crippen molar-refractivity contribution < 1.29 is 24.2 Å². The van der Waals surface area contributed by atoms with E-state index in [1.165, 1.54) is 0 Å². The van der Waals surface area contributed by atoms with Gasteiger partial charge in [0, 0.05) is 38.5 Å². The highest BCUT2D eigenvalue weighted by Crippen LogP contribution is 2.44. The van der Waals surface area contributed by atoms with Crippen molar-refractivity contribution in [2.45, 2.75) is 24.8 Å². The van der Waals surface area contributed by atoms with Crippen LogP contribution in [0.3, 0.4) is 0 Å². The fourth-order valence-electron chi connectivity index (χ4n) is 4.78. The Labute approximate surface area is 204 Å². The average molecular weight is 476 g/mol. The number of amides is 2. The second-order valence-electron chi connectivity index (χ2n) is 8.76. The number of ether oxygens (including phenoxy) is 1. The van der Waals surface area contributed by atoms with Crippen LogP contribution in [-0.2, 0) is 14.3 Å². The molecule has 2 aliphatic rings. The first-order chi connectivity index (χ1) is 17.0. The summed E-state index contributed by atoms with van der Waals surface area (Å²) >= 11 is 0. The predicted octanol–water partition coefficient (Wildman–Crippen LogP) is 2.54. The van der Waals surface area contributed by atoms with E-state index in [0.717, 1.165) is 22.3 Å². The third kappa shape index (κ3) is 5.64. The van der Waals surface area contributed by atoms with Gasteiger partial charge in [0.1, 0.15) is 12.6 Å². The van der Waals surface area contributed by atoms with Gasteiger partial charge in [0.25, 0.3) is 0 Å². The Morgan fingerprint density at radius 2 is 1.63 bits per heavy atom. The first kappa shape index (κ1) is 24.3. The van der Waals surface area contributed by atoms with Crippen LogP contribution in [0.25, 0.3) is 11.1 Å². The maximum absolute atomic E-state index is 13.1. The van der Waals surface area contributed by atoms with Crippen LogP contribution in [0.1, 0.15) is 29.9 Å². The topological polar surface area (TPSA) is 99.2 Å². The number of carbonyl (C=O) groups is 3. The smallest absolute Gasteiger partial charge is 0.407 e. The zero-order valence-electron chi connectivity index (χ0n) is 19.5. The van der Waals surface area contributed by atoms with E-state index in [9.17, 15) is 14.4 Å². The fraction of sp³-hybridized carbons (Fsp3) is 0.370. The van der Waals surface area contributed by atoms with E-state index in [1.807, 2.05) is 36.4 Å². The lowest BCUT2D eigenvalue weighted by molar-refractivity contribution is -0.138. The number of terminal acetylenes is 1. The molecule has 35 heavy (non-hydrogen) atoms. The summed E-state index contributed by atoms with van der Waals surface area (Å²) in [6.07, 6.45) is 4.38. The summed E-state index contributed by atoms with van der Waals surface area (Å²) in [6.45, 7) is 2.83. The van der Waals surface area contributed by atoms with Crippen LogP contribution in [-0.4, -0.2) is 78.2 Å². The predicted molar refractivity (Wildman–Crippen MR) is 131 cm³/mol. The number of rotatable bonds is 8. The van der Waals surface area contributed by atoms with Crippen molar-refractivity contribution in [2.75, 3.05) is 39.3 Å². The summed E-state index contributed by atoms with van der Waals surface area (Å²) in [4.78, 5) is 40.7. The lowest BCUT2D eigenvalue weighted by atomic mass is 9.98. The van der Waals surface area contributed by atoms with Gasteiger partial charge in [-0.3, -0.25) is 14.5 Å². The van der Waals surface area contributed by atoms with E-state index in [1.54, 1.807) is 4.90 Å². The van der Waals surface area contributed by atoms with Gasteiger partial charge in [-0.15, -0.1) is 6.42 Å². The Balaban J connectivity index is 1.39. The molecule has 2 amide bonds. The summed E-state index contributed by atoms with van der Waals surface area (Å²) < 4.78 is 5.56. The molecule has 1 fully saturated rings. The molecule has 1 heterocycles. The van der Waals surface area contributed by atoms with E-state index in [4.69, 9.17) is 16.3 Å². The summed E-state index contributed by atoms with van der Waals surface area (Å²) in [7, 11) is 0. The van der Waals surface area contributed by atoms with E-state index >= 15 is 0 Å². The molecule has 8 heteroatoms. The zero-order valence-corrected chi connectivity index (χ0v) is 19.5. The minimum absolute atomic E-state index is 0.0110. The molecular weight excluding hydrogens is 446 g/mol. The van der Waals surface area contributed by atoms with Crippen LogP contribution in [0.4, 0.5) is 4.79 Å². The summed E-state index contributed by atoms with van der Waals surface area (Å²) in [5.74, 6) is 1.15. The molecule has 0 spiro atoms. The molecular formula is C27H29N3O5. The molecule has 8 nitrogen and oxygen atoms in total. The van der Waals surface area contributed by atoms with Crippen LogP contribution in [0.2, 0.25) is 0 Å². The maximum atomic E-state index is 13.1. The van der Waals surface area contributed by atoms with Crippen molar-refractivity contribution in [3.8, 4) is 23.5 Å². The highest BCUT2D eigenvalue weighted by Gasteiger charge is 2.31. The number of carbonyl (C=O) groups excluding carboxylic acids is 2. The molecule has 0 aromatic heterocycles. The monoisotopic (exact) mass is 475 g/mol. The van der Waals surface area contributed by atoms with Gasteiger partial charge in [0.15, 0.2) is 0 Å². The molecule has 1 aliphatic carbocycles. The molecule has 0 saturated carbocycles. The Morgan fingerprint density at radius 1 is 1.03 bits per heavy atom. The molecule has 1 aliphatic heterocycles. The Kier molecular flexibility index (Phi) is 7.68. The van der Waals surface area contributed by atoms with Gasteiger partial charge >= 0.3 is 12.1 Å². The number of aliphatic carboxylic acids is 1. The number of nitrogens with one attached hydrogen (secondary N) is 1. The maximum Gasteiger partial charge on any atom is 0.407 e. The number of carboxylic acids is 1. The van der Waals surface area contributed by atoms with Crippen molar-refractivity contribution in [3.05, 3.63) is 59.7 Å². The second kappa shape index (κ2) is 11.1. The number of fused-ring (bicyclic) bond motifs is 3. The van der Waals surface area contributed by atoms with E-state index in [0.29, 0.717) is 32.7 Å². The molecule has 1 saturated heterocycles. The minimum Gasteiger partial charge on any atom is -0.481 e. The minimum atomic E-state index is -1.03. The number of piperazine rings is 1. The number of nitrogens with zero attached hydrogens (tertiary/aromatic N) is 2. The lowest BCUT2D eigenvalue weighted by Crippen LogP contribution is -2.55. The zero-order chi connectivity index (χ0) is 24.8. The molecule has 0 radical (unpaired) electrons. The first-order valence-corrected chi connectivity index (χ1v) is 11.8. The third-order valence-electron chi connectivity index (χ3n) is 6.58. The van der Waals surface area contributed by atoms with Crippen molar-refractivity contribution in [2.24, 2.45) is 0 Å². The molecule has 2 N–H and O–H groups in total. The molecule has 1 atom stereocenters. The van der Waals surface area contributed by atoms with Gasteiger partial charge in [-0.05, 0) is 28.7 Å². The van der Waals surface area contributed by atoms with Gasteiger partial charge in [-0.1, -0.05) is 54.5 Å². The second-order valence-corrected chi connectivity index (χ2v) is 8.76. The number of carboxylic acid groups (broad SMARTS) is 1. The van der Waals surface area contributed by atoms with E-state index in [-0.39, 0.29) is 31.3 Å². The molecule has 2 aromatic carbocycles. The number of hydrogen-bond donors (Lipinski definition) is 2. The molecule has 182 valence electrons. The van der Waals surface area contributed by atoms with Crippen LogP contribution in [0.5, 0.6) is 0 Å². The normalized spacial score (nSPS) is 16.0. The SMILES string of the molecule is C#CCN1CCN(C(=O)C(CCC(=O)O)NC(=O)OCC2c3ccccc3-c3ccccc32)CC1. The standard InChI is InChI=1S/C27H29N3O5/c1-2-13-29-14-16-30(17-15-29)26(33)24(11-12-25(31)32)28-27(34)35-18-23-21-9-5-3-7-19(21)20-8-4-6-10-22(20)23/h1,3-10,23-24H,11-18H2,(H,28,34)(H,31,32). The molecule has 1 unspecified atom stereocenters.